The van der Waals surface area contributed by atoms with Crippen molar-refractivity contribution in [3.8, 4) is 0 Å². The van der Waals surface area contributed by atoms with Crippen LogP contribution in [0.2, 0.25) is 0 Å². The van der Waals surface area contributed by atoms with E-state index in [0.29, 0.717) is 0 Å². The maximum absolute atomic E-state index is 12.9. The van der Waals surface area contributed by atoms with Crippen molar-refractivity contribution < 1.29 is 9.13 Å². The Kier molecular flexibility index (Phi) is 11.8. The number of hydrogen-bond acceptors (Lipinski definition) is 6. The van der Waals surface area contributed by atoms with E-state index >= 15 is 0 Å². The molecule has 9 aromatic carbocycles. The lowest BCUT2D eigenvalue weighted by molar-refractivity contribution is 0.601. The molecule has 0 N–H and O–H groups in total. The van der Waals surface area contributed by atoms with E-state index in [1.54, 1.807) is 0 Å². The highest BCUT2D eigenvalue weighted by Crippen LogP contribution is 2.43. The van der Waals surface area contributed by atoms with Crippen LogP contribution in [0.3, 0.4) is 0 Å². The lowest BCUT2D eigenvalue weighted by Gasteiger charge is -2.28. The van der Waals surface area contributed by atoms with Gasteiger partial charge in [-0.2, -0.15) is 0 Å². The Morgan fingerprint density at radius 3 is 1.14 bits per heavy atom. The second-order valence-electron chi connectivity index (χ2n) is 13.6. The predicted octanol–water partition coefficient (Wildman–Crippen LogP) is 14.3. The molecular weight excluding hydrogens is 1060 g/mol. The average molecular weight is 1090 g/mol. The molecule has 9 rings (SSSR count). The van der Waals surface area contributed by atoms with Crippen molar-refractivity contribution in [3.63, 3.8) is 0 Å². The smallest absolute Gasteiger partial charge is 0.166 e. The molecular formula is C46H32I2N2O2P2S4. The molecule has 12 heteroatoms. The van der Waals surface area contributed by atoms with Gasteiger partial charge in [-0.05, 0) is 194 Å². The summed E-state index contributed by atoms with van der Waals surface area (Å²) in [7, 11) is 0. The average Bonchev–Trinajstić information content (AvgIpc) is 3.26. The topological polar surface area (TPSA) is 40.6 Å². The zero-order chi connectivity index (χ0) is 39.9. The summed E-state index contributed by atoms with van der Waals surface area (Å²) in [4.78, 5) is 4.57. The van der Waals surface area contributed by atoms with E-state index in [2.05, 4.69) is 210 Å². The number of fused-ring (bicyclic) bond motifs is 5. The van der Waals surface area contributed by atoms with Gasteiger partial charge in [0.25, 0.3) is 0 Å². The van der Waals surface area contributed by atoms with Crippen LogP contribution in [0.15, 0.2) is 182 Å². The molecule has 4 nitrogen and oxygen atoms in total. The van der Waals surface area contributed by atoms with Crippen LogP contribution in [0.25, 0.3) is 43.1 Å². The van der Waals surface area contributed by atoms with Gasteiger partial charge >= 0.3 is 0 Å². The highest BCUT2D eigenvalue weighted by atomic mass is 127. The molecule has 0 heterocycles. The second kappa shape index (κ2) is 17.2. The first kappa shape index (κ1) is 39.9. The molecule has 286 valence electrons. The summed E-state index contributed by atoms with van der Waals surface area (Å²) < 4.78 is 25.9. The Hall–Kier alpha value is -3.58. The van der Waals surface area contributed by atoms with E-state index in [1.165, 1.54) is 0 Å². The van der Waals surface area contributed by atoms with E-state index in [4.69, 9.17) is 22.4 Å². The third kappa shape index (κ3) is 7.79. The first-order chi connectivity index (χ1) is 28.2. The van der Waals surface area contributed by atoms with Crippen molar-refractivity contribution in [1.82, 2.24) is 0 Å². The molecule has 4 unspecified atom stereocenters. The molecule has 4 atom stereocenters. The molecule has 0 bridgehead atoms. The Morgan fingerprint density at radius 2 is 0.741 bits per heavy atom. The van der Waals surface area contributed by atoms with Gasteiger partial charge < -0.3 is 9.80 Å². The summed E-state index contributed by atoms with van der Waals surface area (Å²) >= 11 is 15.0. The minimum Gasteiger partial charge on any atom is -0.310 e. The first-order valence-corrected chi connectivity index (χ1v) is 32.4. The first-order valence-electron chi connectivity index (χ1n) is 18.2. The van der Waals surface area contributed by atoms with Gasteiger partial charge in [0.05, 0.1) is 11.4 Å². The molecule has 0 saturated carbocycles. The van der Waals surface area contributed by atoms with Crippen molar-refractivity contribution in [1.29, 1.82) is 0 Å². The molecule has 58 heavy (non-hydrogen) atoms. The maximum Gasteiger partial charge on any atom is 0.166 e. The minimum absolute atomic E-state index is 0.784. The summed E-state index contributed by atoms with van der Waals surface area (Å²) in [6, 6.07) is 63.5. The van der Waals surface area contributed by atoms with Gasteiger partial charge in [0.2, 0.25) is 0 Å². The van der Waals surface area contributed by atoms with Gasteiger partial charge in [0.15, 0.2) is 13.2 Å². The molecule has 0 aromatic heterocycles. The highest BCUT2D eigenvalue weighted by molar-refractivity contribution is 14.2. The van der Waals surface area contributed by atoms with E-state index in [0.717, 1.165) is 87.8 Å². The van der Waals surface area contributed by atoms with E-state index in [-0.39, 0.29) is 0 Å². The second-order valence-corrected chi connectivity index (χ2v) is 39.3. The maximum atomic E-state index is 12.9. The number of hydrogen-bond donors (Lipinski definition) is 2. The molecule has 9 aromatic rings. The summed E-state index contributed by atoms with van der Waals surface area (Å²) in [6.07, 6.45) is 0. The summed E-state index contributed by atoms with van der Waals surface area (Å²) in [6.45, 7) is -3.22. The standard InChI is InChI=1S/C46H32I2N2O2P2S4/c47-57(55)53(51)39-23-17-35(18-24-39)49(45-13-5-9-31-7-1-3-11-43(31)45)37-21-27-41-33(29-37)15-16-34-30-38(22-28-42(34)41)50(36-19-25-40(26-20-36)54(52)58(48)56)46-14-6-10-32-8-2-4-12-44(32)46/h1-30,57-58H. The summed E-state index contributed by atoms with van der Waals surface area (Å²) in [5.74, 6) is -2.04. The van der Waals surface area contributed by atoms with Crippen molar-refractivity contribution in [3.05, 3.63) is 182 Å². The molecule has 0 amide bonds. The van der Waals surface area contributed by atoms with Crippen molar-refractivity contribution in [2.24, 2.45) is 0 Å². The Balaban J connectivity index is 1.17. The largest absolute Gasteiger partial charge is 0.310 e. The number of halogens is 2. The Morgan fingerprint density at radius 1 is 0.379 bits per heavy atom. The van der Waals surface area contributed by atoms with Crippen LogP contribution < -0.4 is 20.4 Å². The molecule has 0 aliphatic heterocycles. The normalized spacial score (nSPS) is 13.1. The molecule has 0 fully saturated rings. The van der Waals surface area contributed by atoms with Crippen molar-refractivity contribution in [2.45, 2.75) is 0 Å². The third-order valence-electron chi connectivity index (χ3n) is 10.3. The van der Waals surface area contributed by atoms with Crippen molar-refractivity contribution >= 4 is 177 Å². The van der Waals surface area contributed by atoms with Gasteiger partial charge in [-0.3, -0.25) is 9.13 Å². The predicted molar refractivity (Wildman–Crippen MR) is 281 cm³/mol. The molecule has 0 aliphatic rings. The fourth-order valence-electron chi connectivity index (χ4n) is 7.63. The van der Waals surface area contributed by atoms with Crippen LogP contribution in [0, 0.1) is 0 Å². The number of rotatable bonds is 8. The van der Waals surface area contributed by atoms with Crippen LogP contribution in [-0.4, -0.2) is 0 Å². The molecule has 0 radical (unpaired) electrons. The molecule has 0 saturated heterocycles. The molecule has 0 spiro atoms. The van der Waals surface area contributed by atoms with E-state index in [9.17, 15) is 9.13 Å². The van der Waals surface area contributed by atoms with E-state index in [1.807, 2.05) is 24.3 Å². The minimum atomic E-state index is -1.61. The molecule has 0 aliphatic carbocycles. The number of nitrogens with zero attached hydrogens (tertiary/aromatic N) is 2. The van der Waals surface area contributed by atoms with Crippen LogP contribution >= 0.6 is 55.6 Å². The van der Waals surface area contributed by atoms with Gasteiger partial charge in [0, 0.05) is 44.1 Å². The van der Waals surface area contributed by atoms with Gasteiger partial charge in [-0.25, -0.2) is 0 Å². The number of benzene rings is 9. The van der Waals surface area contributed by atoms with Crippen LogP contribution in [-0.2, 0) is 43.1 Å². The quantitative estimate of drug-likeness (QED) is 0.0520. The Bertz CT molecular complexity index is 3140. The monoisotopic (exact) mass is 1090 g/mol. The Labute approximate surface area is 374 Å². The number of thiol groups is 2. The summed E-state index contributed by atoms with van der Waals surface area (Å²) in [5, 5.41) is 10.7. The highest BCUT2D eigenvalue weighted by Gasteiger charge is 2.19. The lowest BCUT2D eigenvalue weighted by Crippen LogP contribution is -2.11. The lowest BCUT2D eigenvalue weighted by atomic mass is 9.99. The van der Waals surface area contributed by atoms with Gasteiger partial charge in [-0.15, -0.1) is 0 Å². The zero-order valence-electron chi connectivity index (χ0n) is 30.4. The van der Waals surface area contributed by atoms with Crippen LogP contribution in [0.1, 0.15) is 0 Å². The number of anilines is 6. The van der Waals surface area contributed by atoms with E-state index < -0.39 is 24.8 Å². The fraction of sp³-hybridized carbons (Fsp3) is 0. The van der Waals surface area contributed by atoms with Crippen molar-refractivity contribution in [2.75, 3.05) is 9.80 Å². The van der Waals surface area contributed by atoms with Crippen LogP contribution in [0.5, 0.6) is 0 Å². The third-order valence-corrected chi connectivity index (χ3v) is 25.2. The van der Waals surface area contributed by atoms with Crippen LogP contribution in [0.4, 0.5) is 34.1 Å². The van der Waals surface area contributed by atoms with Gasteiger partial charge in [0.1, 0.15) is 0 Å². The summed E-state index contributed by atoms with van der Waals surface area (Å²) in [5.41, 5.74) is 6.12. The SMILES string of the molecule is O=P(c1ccc(N(c2ccc3c(ccc4cc(N(c5ccc(P(=O)=[SH](=S)I)cc5)c5cccc6ccccc56)ccc43)c2)c2cccc3ccccc23)cc1)=[SH](=S)I. The fourth-order valence-corrected chi connectivity index (χ4v) is 16.9. The zero-order valence-corrected chi connectivity index (χ0v) is 39.9. The van der Waals surface area contributed by atoms with Gasteiger partial charge in [-0.1, -0.05) is 97.1 Å².